The third kappa shape index (κ3) is 4.75. The van der Waals surface area contributed by atoms with Crippen LogP contribution in [0, 0.1) is 0 Å². The zero-order valence-electron chi connectivity index (χ0n) is 16.0. The minimum atomic E-state index is -0.826. The van der Waals surface area contributed by atoms with Crippen molar-refractivity contribution in [1.82, 2.24) is 9.78 Å². The fourth-order valence-electron chi connectivity index (χ4n) is 3.50. The topological polar surface area (TPSA) is 17.8 Å². The molecule has 0 radical (unpaired) electrons. The molecule has 0 atom stereocenters. The zero-order valence-corrected chi connectivity index (χ0v) is 20.0. The van der Waals surface area contributed by atoms with Gasteiger partial charge in [0.15, 0.2) is 0 Å². The summed E-state index contributed by atoms with van der Waals surface area (Å²) in [5.41, 5.74) is 2.27. The van der Waals surface area contributed by atoms with Gasteiger partial charge in [0.05, 0.1) is 11.7 Å². The molecule has 30 heavy (non-hydrogen) atoms. The first-order valence-corrected chi connectivity index (χ1v) is 15.8. The fraction of sp³-hybridized carbons (Fsp3) is 0. The SMILES string of the molecule is [Cl][Zr+2][Cl].c1ccc2[cH-]c(-n3ncc4ccccc43)cc2c1.c1ccc2[cH-]ccc2c1. The van der Waals surface area contributed by atoms with Crippen LogP contribution in [-0.2, 0) is 20.8 Å². The number of hydrogen-bond donors (Lipinski definition) is 0. The predicted octanol–water partition coefficient (Wildman–Crippen LogP) is 7.83. The quantitative estimate of drug-likeness (QED) is 0.207. The first kappa shape index (κ1) is 21.1. The summed E-state index contributed by atoms with van der Waals surface area (Å²) in [4.78, 5) is 0. The Labute approximate surface area is 194 Å². The summed E-state index contributed by atoms with van der Waals surface area (Å²) in [6.45, 7) is 0. The van der Waals surface area contributed by atoms with Gasteiger partial charge in [-0.3, -0.25) is 4.68 Å². The van der Waals surface area contributed by atoms with Crippen LogP contribution < -0.4 is 0 Å². The number of rotatable bonds is 1. The second-order valence-corrected chi connectivity index (χ2v) is 10.4. The van der Waals surface area contributed by atoms with Crippen LogP contribution in [0.3, 0.4) is 0 Å². The zero-order chi connectivity index (χ0) is 20.8. The summed E-state index contributed by atoms with van der Waals surface area (Å²) in [5, 5.41) is 10.8. The molecule has 0 amide bonds. The Bertz CT molecular complexity index is 1300. The summed E-state index contributed by atoms with van der Waals surface area (Å²) in [6.07, 6.45) is 1.91. The fourth-order valence-corrected chi connectivity index (χ4v) is 3.50. The normalized spacial score (nSPS) is 10.2. The number of fused-ring (bicyclic) bond motifs is 3. The van der Waals surface area contributed by atoms with Crippen LogP contribution in [0.15, 0.2) is 109 Å². The maximum absolute atomic E-state index is 4.93. The molecule has 2 nitrogen and oxygen atoms in total. The molecule has 0 aliphatic carbocycles. The third-order valence-corrected chi connectivity index (χ3v) is 4.87. The van der Waals surface area contributed by atoms with Crippen molar-refractivity contribution in [3.63, 3.8) is 0 Å². The van der Waals surface area contributed by atoms with Gasteiger partial charge >= 0.3 is 37.9 Å². The van der Waals surface area contributed by atoms with Gasteiger partial charge in [-0.1, -0.05) is 30.3 Å². The van der Waals surface area contributed by atoms with E-state index in [2.05, 4.69) is 96.1 Å². The van der Waals surface area contributed by atoms with E-state index in [4.69, 9.17) is 17.0 Å². The van der Waals surface area contributed by atoms with Crippen LogP contribution in [0.5, 0.6) is 0 Å². The Morgan fingerprint density at radius 2 is 1.37 bits per heavy atom. The molecule has 0 aliphatic rings. The molecule has 0 bridgehead atoms. The van der Waals surface area contributed by atoms with Gasteiger partial charge < -0.3 is 0 Å². The van der Waals surface area contributed by atoms with Crippen LogP contribution in [0.25, 0.3) is 38.1 Å². The van der Waals surface area contributed by atoms with Gasteiger partial charge in [0.2, 0.25) is 0 Å². The van der Waals surface area contributed by atoms with Crippen molar-refractivity contribution in [2.24, 2.45) is 0 Å². The molecule has 0 aliphatic heterocycles. The molecule has 0 N–H and O–H groups in total. The van der Waals surface area contributed by atoms with E-state index in [1.54, 1.807) is 0 Å². The molecular weight excluding hydrogens is 490 g/mol. The Kier molecular flexibility index (Phi) is 7.17. The third-order valence-electron chi connectivity index (χ3n) is 4.87. The van der Waals surface area contributed by atoms with Crippen molar-refractivity contribution >= 4 is 49.5 Å². The molecule has 0 unspecified atom stereocenters. The van der Waals surface area contributed by atoms with Crippen LogP contribution in [0.4, 0.5) is 0 Å². The number of para-hydroxylation sites is 1. The minimum Gasteiger partial charge on any atom is -0.252 e. The average molecular weight is 509 g/mol. The van der Waals surface area contributed by atoms with Crippen molar-refractivity contribution in [2.45, 2.75) is 0 Å². The molecule has 146 valence electrons. The molecule has 5 heteroatoms. The van der Waals surface area contributed by atoms with Crippen LogP contribution in [-0.4, -0.2) is 9.78 Å². The van der Waals surface area contributed by atoms with E-state index in [1.807, 2.05) is 23.0 Å². The van der Waals surface area contributed by atoms with E-state index in [1.165, 1.54) is 26.9 Å². The van der Waals surface area contributed by atoms with E-state index in [-0.39, 0.29) is 0 Å². The number of aromatic nitrogens is 2. The van der Waals surface area contributed by atoms with E-state index < -0.39 is 20.8 Å². The summed E-state index contributed by atoms with van der Waals surface area (Å²) in [7, 11) is 9.87. The van der Waals surface area contributed by atoms with Gasteiger partial charge in [-0.15, -0.1) is 70.8 Å². The smallest absolute Gasteiger partial charge is 0.0721 e. The summed E-state index contributed by atoms with van der Waals surface area (Å²) < 4.78 is 2.00. The second-order valence-electron chi connectivity index (χ2n) is 6.68. The minimum absolute atomic E-state index is 0.826. The van der Waals surface area contributed by atoms with E-state index in [0.717, 1.165) is 11.2 Å². The number of hydrogen-bond acceptors (Lipinski definition) is 1. The summed E-state index contributed by atoms with van der Waals surface area (Å²) in [6, 6.07) is 35.7. The second kappa shape index (κ2) is 10.2. The van der Waals surface area contributed by atoms with Crippen molar-refractivity contribution in [1.29, 1.82) is 0 Å². The Balaban J connectivity index is 0.000000152. The van der Waals surface area contributed by atoms with Crippen LogP contribution in [0.1, 0.15) is 0 Å². The number of halogens is 2. The first-order chi connectivity index (χ1) is 14.8. The van der Waals surface area contributed by atoms with Crippen LogP contribution >= 0.6 is 17.0 Å². The van der Waals surface area contributed by atoms with Gasteiger partial charge in [0.25, 0.3) is 0 Å². The standard InChI is InChI=1S/C16H11N2.C9H7.2ClH.Zr/c1-2-6-13-10-15(9-12(13)5-1)18-16-8-4-3-7-14(16)11-17-18;1-2-5-9-7-3-6-8(9)4-1;;;/h1-11H;1-7H;2*1H;/q2*-1;;;+4/p-2. The summed E-state index contributed by atoms with van der Waals surface area (Å²) >= 11 is -0.826. The van der Waals surface area contributed by atoms with Gasteiger partial charge in [-0.2, -0.15) is 22.6 Å². The largest absolute Gasteiger partial charge is 0.252 e. The van der Waals surface area contributed by atoms with Crippen molar-refractivity contribution in [3.05, 3.63) is 109 Å². The number of nitrogens with zero attached hydrogens (tertiary/aromatic N) is 2. The average Bonchev–Trinajstić information content (AvgIpc) is 3.51. The van der Waals surface area contributed by atoms with E-state index >= 15 is 0 Å². The molecule has 1 aromatic heterocycles. The molecule has 6 rings (SSSR count). The molecule has 5 aromatic carbocycles. The molecule has 1 heterocycles. The molecule has 0 saturated carbocycles. The monoisotopic (exact) mass is 506 g/mol. The molecule has 6 aromatic rings. The molecular formula is C25H18Cl2N2Zr. The molecule has 0 fully saturated rings. The Morgan fingerprint density at radius 3 is 2.10 bits per heavy atom. The predicted molar refractivity (Wildman–Crippen MR) is 125 cm³/mol. The molecule has 0 spiro atoms. The van der Waals surface area contributed by atoms with Crippen molar-refractivity contribution < 1.29 is 20.8 Å². The number of benzene rings is 3. The Morgan fingerprint density at radius 1 is 0.733 bits per heavy atom. The first-order valence-electron chi connectivity index (χ1n) is 9.45. The van der Waals surface area contributed by atoms with Gasteiger partial charge in [-0.05, 0) is 11.8 Å². The van der Waals surface area contributed by atoms with Gasteiger partial charge in [0, 0.05) is 5.39 Å². The van der Waals surface area contributed by atoms with Crippen molar-refractivity contribution in [2.75, 3.05) is 0 Å². The van der Waals surface area contributed by atoms with E-state index in [0.29, 0.717) is 0 Å². The maximum Gasteiger partial charge on any atom is 0.0721 e. The van der Waals surface area contributed by atoms with E-state index in [9.17, 15) is 0 Å². The maximum atomic E-state index is 4.93. The molecule has 0 saturated heterocycles. The van der Waals surface area contributed by atoms with Gasteiger partial charge in [-0.25, -0.2) is 0 Å². The van der Waals surface area contributed by atoms with Crippen LogP contribution in [0.2, 0.25) is 0 Å². The Hall–Kier alpha value is -2.19. The van der Waals surface area contributed by atoms with Crippen molar-refractivity contribution in [3.8, 4) is 5.69 Å². The van der Waals surface area contributed by atoms with Gasteiger partial charge in [0.1, 0.15) is 0 Å². The summed E-state index contributed by atoms with van der Waals surface area (Å²) in [5.74, 6) is 0.